The van der Waals surface area contributed by atoms with E-state index in [0.29, 0.717) is 5.69 Å². The maximum atomic E-state index is 7.45. The Morgan fingerprint density at radius 1 is 1.58 bits per heavy atom. The predicted octanol–water partition coefficient (Wildman–Crippen LogP) is 0.893. The average Bonchev–Trinajstić information content (AvgIpc) is 2.06. The molecule has 0 radical (unpaired) electrons. The molecule has 0 saturated heterocycles. The summed E-state index contributed by atoms with van der Waals surface area (Å²) < 4.78 is 0.906. The number of amidine groups is 1. The van der Waals surface area contributed by atoms with Gasteiger partial charge in [0.25, 0.3) is 0 Å². The van der Waals surface area contributed by atoms with E-state index < -0.39 is 0 Å². The van der Waals surface area contributed by atoms with Crippen LogP contribution in [0.3, 0.4) is 0 Å². The first-order valence-electron chi connectivity index (χ1n) is 3.37. The first kappa shape index (κ1) is 9.15. The molecule has 4 nitrogen and oxygen atoms in total. The van der Waals surface area contributed by atoms with Gasteiger partial charge in [-0.2, -0.15) is 0 Å². The van der Waals surface area contributed by atoms with Crippen molar-refractivity contribution in [3.63, 3.8) is 0 Å². The SMILES string of the molecule is CNNC(=N)c1ccc(Br)cn1. The first-order chi connectivity index (χ1) is 5.74. The fourth-order valence-electron chi connectivity index (χ4n) is 0.713. The topological polar surface area (TPSA) is 60.8 Å². The fraction of sp³-hybridized carbons (Fsp3) is 0.143. The van der Waals surface area contributed by atoms with Gasteiger partial charge >= 0.3 is 0 Å². The molecule has 64 valence electrons. The minimum absolute atomic E-state index is 0.255. The fourth-order valence-corrected chi connectivity index (χ4v) is 0.947. The highest BCUT2D eigenvalue weighted by atomic mass is 79.9. The standard InChI is InChI=1S/C7H9BrN4/c1-10-12-7(9)6-3-2-5(8)4-11-6/h2-4,10H,1H3,(H2,9,12). The van der Waals surface area contributed by atoms with Crippen LogP contribution in [0.25, 0.3) is 0 Å². The van der Waals surface area contributed by atoms with E-state index in [1.54, 1.807) is 19.3 Å². The summed E-state index contributed by atoms with van der Waals surface area (Å²) in [5, 5.41) is 7.45. The average molecular weight is 229 g/mol. The van der Waals surface area contributed by atoms with Crippen LogP contribution in [0.15, 0.2) is 22.8 Å². The van der Waals surface area contributed by atoms with Crippen molar-refractivity contribution in [1.29, 1.82) is 5.41 Å². The summed E-state index contributed by atoms with van der Waals surface area (Å²) in [5.41, 5.74) is 5.90. The lowest BCUT2D eigenvalue weighted by atomic mass is 10.3. The summed E-state index contributed by atoms with van der Waals surface area (Å²) in [6, 6.07) is 3.60. The lowest BCUT2D eigenvalue weighted by Gasteiger charge is -2.04. The molecule has 0 fully saturated rings. The van der Waals surface area contributed by atoms with Crippen LogP contribution in [0.1, 0.15) is 5.69 Å². The van der Waals surface area contributed by atoms with Gasteiger partial charge in [0, 0.05) is 17.7 Å². The molecule has 0 saturated carbocycles. The number of halogens is 1. The van der Waals surface area contributed by atoms with Gasteiger partial charge in [0.15, 0.2) is 5.84 Å². The Morgan fingerprint density at radius 3 is 2.83 bits per heavy atom. The summed E-state index contributed by atoms with van der Waals surface area (Å²) in [6.07, 6.45) is 1.65. The van der Waals surface area contributed by atoms with Crippen molar-refractivity contribution in [3.05, 3.63) is 28.5 Å². The Kier molecular flexibility index (Phi) is 3.19. The Morgan fingerprint density at radius 2 is 2.33 bits per heavy atom. The smallest absolute Gasteiger partial charge is 0.158 e. The van der Waals surface area contributed by atoms with Crippen LogP contribution in [-0.4, -0.2) is 17.9 Å². The molecule has 5 heteroatoms. The second-order valence-corrected chi connectivity index (χ2v) is 3.03. The second kappa shape index (κ2) is 4.18. The Bertz CT molecular complexity index is 269. The Hall–Kier alpha value is -0.940. The molecule has 0 atom stereocenters. The molecule has 0 spiro atoms. The Balaban J connectivity index is 2.75. The number of pyridine rings is 1. The third kappa shape index (κ3) is 2.28. The van der Waals surface area contributed by atoms with E-state index in [1.807, 2.05) is 6.07 Å². The lowest BCUT2D eigenvalue weighted by Crippen LogP contribution is -2.34. The van der Waals surface area contributed by atoms with Crippen LogP contribution >= 0.6 is 15.9 Å². The molecular formula is C7H9BrN4. The summed E-state index contributed by atoms with van der Waals surface area (Å²) in [7, 11) is 1.70. The number of hydrogen-bond acceptors (Lipinski definition) is 3. The van der Waals surface area contributed by atoms with Crippen LogP contribution in [0.5, 0.6) is 0 Å². The highest BCUT2D eigenvalue weighted by molar-refractivity contribution is 9.10. The van der Waals surface area contributed by atoms with Crippen molar-refractivity contribution < 1.29 is 0 Å². The number of aromatic nitrogens is 1. The van der Waals surface area contributed by atoms with Gasteiger partial charge in [-0.3, -0.25) is 10.4 Å². The molecule has 0 aromatic carbocycles. The molecule has 0 bridgehead atoms. The van der Waals surface area contributed by atoms with E-state index in [-0.39, 0.29) is 5.84 Å². The summed E-state index contributed by atoms with van der Waals surface area (Å²) >= 11 is 3.26. The van der Waals surface area contributed by atoms with E-state index in [4.69, 9.17) is 5.41 Å². The molecule has 0 amide bonds. The van der Waals surface area contributed by atoms with Gasteiger partial charge in [0.1, 0.15) is 5.69 Å². The molecule has 0 unspecified atom stereocenters. The molecular weight excluding hydrogens is 220 g/mol. The minimum atomic E-state index is 0.255. The molecule has 3 N–H and O–H groups in total. The molecule has 1 aromatic rings. The van der Waals surface area contributed by atoms with Crippen LogP contribution < -0.4 is 10.9 Å². The number of nitrogens with zero attached hydrogens (tertiary/aromatic N) is 1. The third-order valence-electron chi connectivity index (χ3n) is 1.23. The van der Waals surface area contributed by atoms with Crippen molar-refractivity contribution in [2.75, 3.05) is 7.05 Å². The summed E-state index contributed by atoms with van der Waals surface area (Å²) in [5.74, 6) is 0.255. The predicted molar refractivity (Wildman–Crippen MR) is 51.0 cm³/mol. The van der Waals surface area contributed by atoms with Gasteiger partial charge in [0.2, 0.25) is 0 Å². The van der Waals surface area contributed by atoms with Crippen LogP contribution in [-0.2, 0) is 0 Å². The maximum Gasteiger partial charge on any atom is 0.158 e. The van der Waals surface area contributed by atoms with Crippen LogP contribution in [0, 0.1) is 5.41 Å². The van der Waals surface area contributed by atoms with Gasteiger partial charge in [-0.05, 0) is 28.1 Å². The molecule has 1 rings (SSSR count). The number of rotatable bonds is 2. The first-order valence-corrected chi connectivity index (χ1v) is 4.16. The van der Waals surface area contributed by atoms with Crippen LogP contribution in [0.2, 0.25) is 0 Å². The zero-order valence-corrected chi connectivity index (χ0v) is 8.14. The lowest BCUT2D eigenvalue weighted by molar-refractivity contribution is 0.762. The number of hydrogen-bond donors (Lipinski definition) is 3. The van der Waals surface area contributed by atoms with E-state index in [9.17, 15) is 0 Å². The summed E-state index contributed by atoms with van der Waals surface area (Å²) in [4.78, 5) is 4.02. The van der Waals surface area contributed by atoms with E-state index in [0.717, 1.165) is 4.47 Å². The quantitative estimate of drug-likeness (QED) is 0.401. The van der Waals surface area contributed by atoms with Crippen LogP contribution in [0.4, 0.5) is 0 Å². The van der Waals surface area contributed by atoms with Gasteiger partial charge in [-0.25, -0.2) is 5.43 Å². The zero-order chi connectivity index (χ0) is 8.97. The van der Waals surface area contributed by atoms with E-state index in [1.165, 1.54) is 0 Å². The second-order valence-electron chi connectivity index (χ2n) is 2.11. The van der Waals surface area contributed by atoms with Crippen molar-refractivity contribution in [2.45, 2.75) is 0 Å². The molecule has 1 heterocycles. The Labute approximate surface area is 79.0 Å². The van der Waals surface area contributed by atoms with Gasteiger partial charge in [-0.1, -0.05) is 0 Å². The van der Waals surface area contributed by atoms with Crippen molar-refractivity contribution in [1.82, 2.24) is 15.8 Å². The van der Waals surface area contributed by atoms with Gasteiger partial charge < -0.3 is 5.43 Å². The highest BCUT2D eigenvalue weighted by Crippen LogP contribution is 2.06. The normalized spacial score (nSPS) is 9.50. The monoisotopic (exact) mass is 228 g/mol. The molecule has 12 heavy (non-hydrogen) atoms. The van der Waals surface area contributed by atoms with Crippen molar-refractivity contribution in [3.8, 4) is 0 Å². The molecule has 0 aliphatic rings. The molecule has 0 aliphatic carbocycles. The summed E-state index contributed by atoms with van der Waals surface area (Å²) in [6.45, 7) is 0. The van der Waals surface area contributed by atoms with E-state index in [2.05, 4.69) is 31.8 Å². The minimum Gasteiger partial charge on any atom is -0.305 e. The molecule has 1 aromatic heterocycles. The van der Waals surface area contributed by atoms with Crippen molar-refractivity contribution in [2.24, 2.45) is 0 Å². The van der Waals surface area contributed by atoms with Crippen molar-refractivity contribution >= 4 is 21.8 Å². The number of hydrazine groups is 1. The zero-order valence-electron chi connectivity index (χ0n) is 6.56. The van der Waals surface area contributed by atoms with E-state index >= 15 is 0 Å². The maximum absolute atomic E-state index is 7.45. The van der Waals surface area contributed by atoms with Gasteiger partial charge in [0.05, 0.1) is 0 Å². The van der Waals surface area contributed by atoms with Gasteiger partial charge in [-0.15, -0.1) is 0 Å². The number of nitrogens with one attached hydrogen (secondary N) is 3. The molecule has 0 aliphatic heterocycles. The third-order valence-corrected chi connectivity index (χ3v) is 1.70. The highest BCUT2D eigenvalue weighted by Gasteiger charge is 1.99. The largest absolute Gasteiger partial charge is 0.305 e.